The maximum atomic E-state index is 16.6. The highest BCUT2D eigenvalue weighted by atomic mass is 35.5. The Labute approximate surface area is 242 Å². The summed E-state index contributed by atoms with van der Waals surface area (Å²) in [7, 11) is 0. The molecule has 2 aromatic carbocycles. The number of halogens is 2. The fourth-order valence-electron chi connectivity index (χ4n) is 7.66. The third kappa shape index (κ3) is 4.16. The minimum Gasteiger partial charge on any atom is -0.461 e. The van der Waals surface area contributed by atoms with Crippen molar-refractivity contribution in [1.82, 2.24) is 25.2 Å². The van der Waals surface area contributed by atoms with Gasteiger partial charge in [-0.2, -0.15) is 9.97 Å². The van der Waals surface area contributed by atoms with E-state index in [1.807, 2.05) is 30.3 Å². The predicted octanol–water partition coefficient (Wildman–Crippen LogP) is 4.56. The average Bonchev–Trinajstić information content (AvgIpc) is 3.63. The van der Waals surface area contributed by atoms with E-state index in [0.717, 1.165) is 49.5 Å². The molecule has 10 heteroatoms. The third-order valence-electron chi connectivity index (χ3n) is 9.63. The molecule has 2 bridgehead atoms. The van der Waals surface area contributed by atoms with Gasteiger partial charge in [-0.25, -0.2) is 4.39 Å². The van der Waals surface area contributed by atoms with Crippen LogP contribution in [0.1, 0.15) is 32.1 Å². The summed E-state index contributed by atoms with van der Waals surface area (Å²) in [5.41, 5.74) is 1.000. The maximum absolute atomic E-state index is 16.6. The van der Waals surface area contributed by atoms with Crippen LogP contribution < -0.4 is 15.0 Å². The number of pyridine rings is 1. The minimum atomic E-state index is -0.525. The van der Waals surface area contributed by atoms with Crippen molar-refractivity contribution in [2.45, 2.75) is 55.8 Å². The number of fused-ring (bicyclic) bond motifs is 5. The first-order valence-corrected chi connectivity index (χ1v) is 15.0. The van der Waals surface area contributed by atoms with Crippen molar-refractivity contribution >= 4 is 39.1 Å². The first-order chi connectivity index (χ1) is 20.0. The van der Waals surface area contributed by atoms with E-state index in [2.05, 4.69) is 25.1 Å². The van der Waals surface area contributed by atoms with Crippen molar-refractivity contribution in [3.63, 3.8) is 0 Å². The number of anilines is 1. The lowest BCUT2D eigenvalue weighted by Gasteiger charge is -2.35. The van der Waals surface area contributed by atoms with E-state index >= 15 is 4.39 Å². The van der Waals surface area contributed by atoms with Crippen LogP contribution in [0.15, 0.2) is 42.6 Å². The lowest BCUT2D eigenvalue weighted by molar-refractivity contribution is 0.108. The molecule has 0 radical (unpaired) electrons. The van der Waals surface area contributed by atoms with Crippen LogP contribution >= 0.6 is 11.6 Å². The molecule has 4 fully saturated rings. The van der Waals surface area contributed by atoms with Gasteiger partial charge in [0.05, 0.1) is 23.1 Å². The van der Waals surface area contributed by atoms with Crippen LogP contribution in [0.5, 0.6) is 6.01 Å². The number of rotatable bonds is 5. The minimum absolute atomic E-state index is 0.0123. The largest absolute Gasteiger partial charge is 0.461 e. The summed E-state index contributed by atoms with van der Waals surface area (Å²) < 4.78 is 22.9. The standard InChI is InChI=1S/C31H32ClFN6O2/c32-22-8-2-6-18-5-1-7-20(25(18)22)27-26(33)28-21(14-34-27)29(38-15-19-13-24(40)23(16-38)35-19)37-30(36-28)41-17-31-9-3-11-39(31)12-4-10-31/h1-2,5-8,14,19,23-24,35,40H,3-4,9-13,15-17H2/t19-,23?,24-/m1/s1. The molecule has 6 heterocycles. The summed E-state index contributed by atoms with van der Waals surface area (Å²) in [6.07, 6.45) is 6.45. The number of nitrogens with zero attached hydrogens (tertiary/aromatic N) is 5. The van der Waals surface area contributed by atoms with E-state index in [1.165, 1.54) is 0 Å². The van der Waals surface area contributed by atoms with E-state index in [9.17, 15) is 5.11 Å². The van der Waals surface area contributed by atoms with Gasteiger partial charge < -0.3 is 20.1 Å². The number of aliphatic hydroxyl groups is 1. The zero-order valence-electron chi connectivity index (χ0n) is 22.7. The van der Waals surface area contributed by atoms with Crippen LogP contribution in [-0.2, 0) is 0 Å². The second-order valence-corrected chi connectivity index (χ2v) is 12.4. The molecular formula is C31H32ClFN6O2. The van der Waals surface area contributed by atoms with Gasteiger partial charge in [0, 0.05) is 41.3 Å². The molecule has 0 saturated carbocycles. The summed E-state index contributed by atoms with van der Waals surface area (Å²) in [6, 6.07) is 11.6. The summed E-state index contributed by atoms with van der Waals surface area (Å²) in [6.45, 7) is 3.89. The van der Waals surface area contributed by atoms with Gasteiger partial charge in [0.15, 0.2) is 5.82 Å². The molecule has 4 aromatic rings. The Morgan fingerprint density at radius 2 is 1.90 bits per heavy atom. The SMILES string of the molecule is O[C@@H]1C[C@@H]2CN(c3nc(OCC45CCCN4CCC5)nc4c(F)c(-c5cccc6cccc(Cl)c56)ncc34)CC1N2. The zero-order chi connectivity index (χ0) is 27.7. The number of aromatic nitrogens is 3. The highest BCUT2D eigenvalue weighted by Crippen LogP contribution is 2.41. The molecule has 41 heavy (non-hydrogen) atoms. The van der Waals surface area contributed by atoms with Crippen molar-refractivity contribution in [2.24, 2.45) is 0 Å². The molecule has 3 atom stereocenters. The van der Waals surface area contributed by atoms with Gasteiger partial charge in [0.2, 0.25) is 0 Å². The van der Waals surface area contributed by atoms with Crippen LogP contribution in [0.25, 0.3) is 32.9 Å². The number of hydrogen-bond donors (Lipinski definition) is 2. The second-order valence-electron chi connectivity index (χ2n) is 12.0. The summed E-state index contributed by atoms with van der Waals surface area (Å²) in [4.78, 5) is 18.8. The van der Waals surface area contributed by atoms with Gasteiger partial charge in [0.25, 0.3) is 0 Å². The van der Waals surface area contributed by atoms with Crippen LogP contribution in [0, 0.1) is 5.82 Å². The number of ether oxygens (including phenoxy) is 1. The predicted molar refractivity (Wildman–Crippen MR) is 157 cm³/mol. The van der Waals surface area contributed by atoms with Crippen molar-refractivity contribution < 1.29 is 14.2 Å². The molecule has 212 valence electrons. The molecule has 4 saturated heterocycles. The number of aliphatic hydroxyl groups excluding tert-OH is 1. The third-order valence-corrected chi connectivity index (χ3v) is 9.95. The van der Waals surface area contributed by atoms with Crippen LogP contribution in [0.3, 0.4) is 0 Å². The quantitative estimate of drug-likeness (QED) is 0.359. The Balaban J connectivity index is 1.25. The average molecular weight is 575 g/mol. The molecule has 1 unspecified atom stereocenters. The van der Waals surface area contributed by atoms with Gasteiger partial charge in [-0.1, -0.05) is 41.9 Å². The molecule has 4 aliphatic rings. The molecule has 0 spiro atoms. The summed E-state index contributed by atoms with van der Waals surface area (Å²) >= 11 is 6.59. The summed E-state index contributed by atoms with van der Waals surface area (Å²) in [5, 5.41) is 16.7. The molecule has 4 aliphatic heterocycles. The fourth-order valence-corrected chi connectivity index (χ4v) is 7.94. The molecule has 0 amide bonds. The van der Waals surface area contributed by atoms with Gasteiger partial charge >= 0.3 is 6.01 Å². The number of benzene rings is 2. The molecule has 8 rings (SSSR count). The summed E-state index contributed by atoms with van der Waals surface area (Å²) in [5.74, 6) is 0.0692. The highest BCUT2D eigenvalue weighted by Gasteiger charge is 2.45. The topological polar surface area (TPSA) is 86.6 Å². The smallest absolute Gasteiger partial charge is 0.319 e. The Kier molecular flexibility index (Phi) is 6.07. The molecule has 8 nitrogen and oxygen atoms in total. The zero-order valence-corrected chi connectivity index (χ0v) is 23.4. The Hall–Kier alpha value is -3.11. The monoisotopic (exact) mass is 574 g/mol. The lowest BCUT2D eigenvalue weighted by atomic mass is 9.95. The van der Waals surface area contributed by atoms with Crippen molar-refractivity contribution in [3.8, 4) is 17.3 Å². The Bertz CT molecular complexity index is 1650. The lowest BCUT2D eigenvalue weighted by Crippen LogP contribution is -2.53. The van der Waals surface area contributed by atoms with Gasteiger partial charge in [0.1, 0.15) is 23.6 Å². The highest BCUT2D eigenvalue weighted by molar-refractivity contribution is 6.36. The molecule has 2 N–H and O–H groups in total. The van der Waals surface area contributed by atoms with Crippen molar-refractivity contribution in [2.75, 3.05) is 37.7 Å². The van der Waals surface area contributed by atoms with E-state index < -0.39 is 11.9 Å². The number of nitrogens with one attached hydrogen (secondary N) is 1. The van der Waals surface area contributed by atoms with Crippen molar-refractivity contribution in [1.29, 1.82) is 0 Å². The second kappa shape index (κ2) is 9.73. The van der Waals surface area contributed by atoms with E-state index in [0.29, 0.717) is 47.9 Å². The van der Waals surface area contributed by atoms with E-state index in [-0.39, 0.29) is 34.8 Å². The normalized spacial score (nSPS) is 25.3. The van der Waals surface area contributed by atoms with Crippen LogP contribution in [-0.4, -0.2) is 81.5 Å². The van der Waals surface area contributed by atoms with Crippen molar-refractivity contribution in [3.05, 3.63) is 53.4 Å². The van der Waals surface area contributed by atoms with Gasteiger partial charge in [-0.3, -0.25) is 9.88 Å². The molecule has 2 aromatic heterocycles. The van der Waals surface area contributed by atoms with Crippen LogP contribution in [0.2, 0.25) is 5.02 Å². The maximum Gasteiger partial charge on any atom is 0.319 e. The molecular weight excluding hydrogens is 543 g/mol. The Morgan fingerprint density at radius 3 is 2.71 bits per heavy atom. The Morgan fingerprint density at radius 1 is 1.10 bits per heavy atom. The molecule has 0 aliphatic carbocycles. The van der Waals surface area contributed by atoms with E-state index in [4.69, 9.17) is 21.3 Å². The first-order valence-electron chi connectivity index (χ1n) is 14.6. The van der Waals surface area contributed by atoms with Gasteiger partial charge in [-0.05, 0) is 56.6 Å². The number of piperazine rings is 1. The van der Waals surface area contributed by atoms with Crippen LogP contribution in [0.4, 0.5) is 10.2 Å². The van der Waals surface area contributed by atoms with Gasteiger partial charge in [-0.15, -0.1) is 0 Å². The fraction of sp³-hybridized carbons (Fsp3) is 0.452. The van der Waals surface area contributed by atoms with E-state index in [1.54, 1.807) is 12.3 Å². The first kappa shape index (κ1) is 25.6. The number of hydrogen-bond acceptors (Lipinski definition) is 8.